The molecule has 74 valence electrons. The summed E-state index contributed by atoms with van der Waals surface area (Å²) in [6, 6.07) is 0. The number of rotatable bonds is 1. The first-order chi connectivity index (χ1) is 5.86. The average Bonchev–Trinajstić information content (AvgIpc) is 2.00. The Kier molecular flexibility index (Phi) is 2.46. The lowest BCUT2D eigenvalue weighted by atomic mass is 9.65. The Morgan fingerprint density at radius 1 is 1.54 bits per heavy atom. The van der Waals surface area contributed by atoms with Crippen LogP contribution >= 0.6 is 0 Å². The maximum atomic E-state index is 11.6. The number of carboxylic acid groups (broad SMARTS) is 1. The summed E-state index contributed by atoms with van der Waals surface area (Å²) >= 11 is 0. The van der Waals surface area contributed by atoms with E-state index in [9.17, 15) is 14.7 Å². The van der Waals surface area contributed by atoms with Gasteiger partial charge in [-0.2, -0.15) is 0 Å². The molecule has 0 aromatic rings. The van der Waals surface area contributed by atoms with Gasteiger partial charge in [0.25, 0.3) is 0 Å². The van der Waals surface area contributed by atoms with Crippen molar-refractivity contribution in [1.29, 1.82) is 0 Å². The van der Waals surface area contributed by atoms with Crippen molar-refractivity contribution in [1.82, 2.24) is 0 Å². The Balaban J connectivity index is 2.83. The molecule has 1 saturated carbocycles. The molecule has 0 aliphatic heterocycles. The first-order valence-electron chi connectivity index (χ1n) is 4.61. The van der Waals surface area contributed by atoms with Crippen molar-refractivity contribution in [3.05, 3.63) is 0 Å². The summed E-state index contributed by atoms with van der Waals surface area (Å²) in [4.78, 5) is 22.2. The molecular weight excluding hydrogens is 168 g/mol. The molecule has 0 amide bonds. The summed E-state index contributed by atoms with van der Waals surface area (Å²) in [6.07, 6.45) is 1.21. The fourth-order valence-electron chi connectivity index (χ4n) is 1.80. The zero-order valence-electron chi connectivity index (χ0n) is 8.29. The molecule has 1 fully saturated rings. The zero-order valence-corrected chi connectivity index (χ0v) is 8.29. The second-order valence-electron chi connectivity index (χ2n) is 4.52. The van der Waals surface area contributed by atoms with Gasteiger partial charge in [0.1, 0.15) is 5.78 Å². The van der Waals surface area contributed by atoms with E-state index in [1.165, 1.54) is 0 Å². The summed E-state index contributed by atoms with van der Waals surface area (Å²) in [6.45, 7) is 5.81. The monoisotopic (exact) mass is 183 g/mol. The van der Waals surface area contributed by atoms with Crippen LogP contribution in [0.15, 0.2) is 0 Å². The van der Waals surface area contributed by atoms with Gasteiger partial charge < -0.3 is 9.90 Å². The number of Topliss-reactive ketones (excluding diaryl/α,β-unsaturated/α-hetero) is 1. The van der Waals surface area contributed by atoms with Crippen molar-refractivity contribution < 1.29 is 14.7 Å². The van der Waals surface area contributed by atoms with Gasteiger partial charge in [-0.05, 0) is 18.3 Å². The third kappa shape index (κ3) is 1.74. The first-order valence-corrected chi connectivity index (χ1v) is 4.61. The number of ketones is 1. The van der Waals surface area contributed by atoms with E-state index in [0.717, 1.165) is 6.42 Å². The van der Waals surface area contributed by atoms with Crippen LogP contribution in [0.5, 0.6) is 0 Å². The van der Waals surface area contributed by atoms with Crippen LogP contribution in [0.3, 0.4) is 0 Å². The molecule has 0 aromatic heterocycles. The van der Waals surface area contributed by atoms with Crippen molar-refractivity contribution >= 4 is 11.8 Å². The van der Waals surface area contributed by atoms with Crippen LogP contribution in [0, 0.1) is 17.3 Å². The van der Waals surface area contributed by atoms with Gasteiger partial charge in [-0.1, -0.05) is 20.8 Å². The van der Waals surface area contributed by atoms with Crippen molar-refractivity contribution in [3.8, 4) is 0 Å². The lowest BCUT2D eigenvalue weighted by Gasteiger charge is -2.39. The number of carbonyl (C=O) groups excluding carboxylic acids is 2. The largest absolute Gasteiger partial charge is 0.549 e. The van der Waals surface area contributed by atoms with Crippen LogP contribution in [-0.4, -0.2) is 11.8 Å². The topological polar surface area (TPSA) is 57.2 Å². The second-order valence-corrected chi connectivity index (χ2v) is 4.52. The molecule has 1 aliphatic rings. The van der Waals surface area contributed by atoms with Crippen LogP contribution in [0.4, 0.5) is 0 Å². The zero-order chi connectivity index (χ0) is 10.2. The van der Waals surface area contributed by atoms with Crippen molar-refractivity contribution in [2.75, 3.05) is 0 Å². The molecule has 0 bridgehead atoms. The minimum atomic E-state index is -1.22. The molecule has 0 heterocycles. The van der Waals surface area contributed by atoms with Crippen molar-refractivity contribution in [2.24, 2.45) is 17.3 Å². The highest BCUT2D eigenvalue weighted by Crippen LogP contribution is 2.40. The van der Waals surface area contributed by atoms with E-state index in [1.54, 1.807) is 6.92 Å². The second kappa shape index (κ2) is 3.13. The quantitative estimate of drug-likeness (QED) is 0.552. The van der Waals surface area contributed by atoms with E-state index in [-0.39, 0.29) is 17.1 Å². The Morgan fingerprint density at radius 2 is 2.08 bits per heavy atom. The molecule has 0 N–H and O–H groups in total. The van der Waals surface area contributed by atoms with Crippen LogP contribution in [0.25, 0.3) is 0 Å². The highest BCUT2D eigenvalue weighted by molar-refractivity contribution is 5.99. The summed E-state index contributed by atoms with van der Waals surface area (Å²) in [7, 11) is 0. The van der Waals surface area contributed by atoms with Crippen LogP contribution in [0.1, 0.15) is 33.6 Å². The minimum absolute atomic E-state index is 0.0664. The van der Waals surface area contributed by atoms with Gasteiger partial charge in [-0.15, -0.1) is 0 Å². The van der Waals surface area contributed by atoms with Gasteiger partial charge >= 0.3 is 0 Å². The smallest absolute Gasteiger partial charge is 0.144 e. The molecule has 2 atom stereocenters. The molecule has 3 nitrogen and oxygen atoms in total. The highest BCUT2D eigenvalue weighted by atomic mass is 16.4. The lowest BCUT2D eigenvalue weighted by Crippen LogP contribution is -2.46. The number of aliphatic carboxylic acids is 1. The van der Waals surface area contributed by atoms with E-state index < -0.39 is 11.9 Å². The predicted molar refractivity (Wildman–Crippen MR) is 45.7 cm³/mol. The van der Waals surface area contributed by atoms with E-state index in [4.69, 9.17) is 0 Å². The molecule has 0 spiro atoms. The predicted octanol–water partition coefficient (Wildman–Crippen LogP) is 0.378. The van der Waals surface area contributed by atoms with Gasteiger partial charge in [-0.3, -0.25) is 4.79 Å². The van der Waals surface area contributed by atoms with Crippen LogP contribution in [-0.2, 0) is 9.59 Å². The molecule has 0 aromatic carbocycles. The van der Waals surface area contributed by atoms with Crippen molar-refractivity contribution in [3.63, 3.8) is 0 Å². The third-order valence-corrected chi connectivity index (χ3v) is 3.30. The summed E-state index contributed by atoms with van der Waals surface area (Å²) in [5.41, 5.74) is -0.0664. The SMILES string of the molecule is CC1C(=O)C(C(=O)[O-])CCC1(C)C. The van der Waals surface area contributed by atoms with E-state index in [2.05, 4.69) is 0 Å². The molecule has 1 rings (SSSR count). The van der Waals surface area contributed by atoms with Gasteiger partial charge in [0, 0.05) is 5.92 Å². The van der Waals surface area contributed by atoms with Crippen LogP contribution < -0.4 is 5.11 Å². The molecule has 2 unspecified atom stereocenters. The number of carbonyl (C=O) groups is 2. The molecular formula is C10H15O3-. The van der Waals surface area contributed by atoms with E-state index in [0.29, 0.717) is 6.42 Å². The minimum Gasteiger partial charge on any atom is -0.549 e. The molecule has 0 saturated heterocycles. The number of hydrogen-bond acceptors (Lipinski definition) is 3. The highest BCUT2D eigenvalue weighted by Gasteiger charge is 2.40. The van der Waals surface area contributed by atoms with Gasteiger partial charge in [0.15, 0.2) is 0 Å². The van der Waals surface area contributed by atoms with Gasteiger partial charge in [-0.25, -0.2) is 0 Å². The Labute approximate surface area is 78.1 Å². The Hall–Kier alpha value is -0.860. The lowest BCUT2D eigenvalue weighted by molar-refractivity contribution is -0.310. The normalized spacial score (nSPS) is 33.0. The van der Waals surface area contributed by atoms with Crippen LogP contribution in [0.2, 0.25) is 0 Å². The van der Waals surface area contributed by atoms with Gasteiger partial charge in [0.05, 0.1) is 11.9 Å². The standard InChI is InChI=1S/C10H16O3/c1-6-8(11)7(9(12)13)4-5-10(6,2)3/h6-7H,4-5H2,1-3H3,(H,12,13)/p-1. The molecule has 1 aliphatic carbocycles. The summed E-state index contributed by atoms with van der Waals surface area (Å²) in [5.74, 6) is -2.43. The maximum absolute atomic E-state index is 11.6. The first kappa shape index (κ1) is 10.2. The Morgan fingerprint density at radius 3 is 2.54 bits per heavy atom. The molecule has 3 heteroatoms. The van der Waals surface area contributed by atoms with Crippen molar-refractivity contribution in [2.45, 2.75) is 33.6 Å². The molecule has 13 heavy (non-hydrogen) atoms. The Bertz CT molecular complexity index is 243. The maximum Gasteiger partial charge on any atom is 0.144 e. The van der Waals surface area contributed by atoms with E-state index in [1.807, 2.05) is 13.8 Å². The van der Waals surface area contributed by atoms with Gasteiger partial charge in [0.2, 0.25) is 0 Å². The van der Waals surface area contributed by atoms with E-state index >= 15 is 0 Å². The summed E-state index contributed by atoms with van der Waals surface area (Å²) < 4.78 is 0. The third-order valence-electron chi connectivity index (χ3n) is 3.30. The molecule has 0 radical (unpaired) electrons. The fraction of sp³-hybridized carbons (Fsp3) is 0.800. The summed E-state index contributed by atoms with van der Waals surface area (Å²) in [5, 5.41) is 10.6. The number of carboxylic acids is 1. The number of hydrogen-bond donors (Lipinski definition) is 0. The fourth-order valence-corrected chi connectivity index (χ4v) is 1.80. The average molecular weight is 183 g/mol.